The Bertz CT molecular complexity index is 929. The SMILES string of the molecule is NCCCCC(NC(=O)C1CCCN1)C(=O)NC(Cc1cnc[nH]1)C(=O)NC(CCCN=C(N)N)C(=O)O. The number of nitrogens with zero attached hydrogens (tertiary/aromatic N) is 2. The molecule has 2 rings (SSSR count). The van der Waals surface area contributed by atoms with Crippen LogP contribution in [0, 0.1) is 0 Å². The van der Waals surface area contributed by atoms with E-state index in [-0.39, 0.29) is 37.3 Å². The number of nitrogens with two attached hydrogens (primary N) is 3. The van der Waals surface area contributed by atoms with Crippen LogP contribution in [-0.4, -0.2) is 88.5 Å². The molecule has 0 bridgehead atoms. The first-order chi connectivity index (χ1) is 18.2. The first-order valence-electron chi connectivity index (χ1n) is 12.8. The first-order valence-corrected chi connectivity index (χ1v) is 12.8. The Hall–Kier alpha value is -3.72. The number of carboxylic acid groups (broad SMARTS) is 1. The molecule has 38 heavy (non-hydrogen) atoms. The molecule has 0 spiro atoms. The number of H-pyrrole nitrogens is 1. The van der Waals surface area contributed by atoms with Crippen molar-refractivity contribution in [2.45, 2.75) is 75.5 Å². The molecular weight excluding hydrogens is 496 g/mol. The highest BCUT2D eigenvalue weighted by Crippen LogP contribution is 2.09. The van der Waals surface area contributed by atoms with Crippen LogP contribution < -0.4 is 38.5 Å². The summed E-state index contributed by atoms with van der Waals surface area (Å²) in [5, 5.41) is 20.7. The molecule has 1 saturated heterocycles. The number of aliphatic imine (C=N–C) groups is 1. The van der Waals surface area contributed by atoms with Crippen LogP contribution >= 0.6 is 0 Å². The Morgan fingerprint density at radius 2 is 1.76 bits per heavy atom. The third-order valence-corrected chi connectivity index (χ3v) is 6.13. The number of unbranched alkanes of at least 4 members (excludes halogenated alkanes) is 1. The topological polar surface area (TPSA) is 256 Å². The highest BCUT2D eigenvalue weighted by atomic mass is 16.4. The maximum absolute atomic E-state index is 13.3. The van der Waals surface area contributed by atoms with Crippen molar-refractivity contribution < 1.29 is 24.3 Å². The summed E-state index contributed by atoms with van der Waals surface area (Å²) in [6.07, 6.45) is 6.50. The number of nitrogens with one attached hydrogen (secondary N) is 5. The van der Waals surface area contributed by atoms with Crippen LogP contribution in [0.3, 0.4) is 0 Å². The lowest BCUT2D eigenvalue weighted by Crippen LogP contribution is -2.57. The quantitative estimate of drug-likeness (QED) is 0.0571. The van der Waals surface area contributed by atoms with E-state index in [2.05, 4.69) is 36.2 Å². The second-order valence-corrected chi connectivity index (χ2v) is 9.18. The monoisotopic (exact) mass is 536 g/mol. The van der Waals surface area contributed by atoms with Gasteiger partial charge in [0.05, 0.1) is 12.4 Å². The fourth-order valence-corrected chi connectivity index (χ4v) is 4.07. The van der Waals surface area contributed by atoms with Crippen molar-refractivity contribution in [2.75, 3.05) is 19.6 Å². The lowest BCUT2D eigenvalue weighted by Gasteiger charge is -2.25. The number of guanidine groups is 1. The lowest BCUT2D eigenvalue weighted by molar-refractivity contribution is -0.142. The summed E-state index contributed by atoms with van der Waals surface area (Å²) >= 11 is 0. The summed E-state index contributed by atoms with van der Waals surface area (Å²) in [6, 6.07) is -3.60. The van der Waals surface area contributed by atoms with Gasteiger partial charge in [0.2, 0.25) is 17.7 Å². The van der Waals surface area contributed by atoms with Crippen molar-refractivity contribution in [2.24, 2.45) is 22.2 Å². The molecule has 212 valence electrons. The van der Waals surface area contributed by atoms with Gasteiger partial charge < -0.3 is 48.6 Å². The lowest BCUT2D eigenvalue weighted by atomic mass is 10.0. The van der Waals surface area contributed by atoms with E-state index in [4.69, 9.17) is 17.2 Å². The summed E-state index contributed by atoms with van der Waals surface area (Å²) < 4.78 is 0. The van der Waals surface area contributed by atoms with Gasteiger partial charge in [-0.05, 0) is 58.0 Å². The second kappa shape index (κ2) is 16.2. The van der Waals surface area contributed by atoms with E-state index in [1.165, 1.54) is 12.5 Å². The summed E-state index contributed by atoms with van der Waals surface area (Å²) in [4.78, 5) is 61.5. The Morgan fingerprint density at radius 3 is 2.37 bits per heavy atom. The van der Waals surface area contributed by atoms with Gasteiger partial charge in [-0.15, -0.1) is 0 Å². The van der Waals surface area contributed by atoms with Crippen LogP contribution in [0.5, 0.6) is 0 Å². The fourth-order valence-electron chi connectivity index (χ4n) is 4.07. The molecular formula is C23H40N10O5. The van der Waals surface area contributed by atoms with Crippen LogP contribution in [0.4, 0.5) is 0 Å². The average molecular weight is 537 g/mol. The third-order valence-electron chi connectivity index (χ3n) is 6.13. The minimum Gasteiger partial charge on any atom is -0.480 e. The zero-order valence-corrected chi connectivity index (χ0v) is 21.4. The number of aliphatic carboxylic acids is 1. The number of imidazole rings is 1. The largest absolute Gasteiger partial charge is 0.480 e. The van der Waals surface area contributed by atoms with Gasteiger partial charge >= 0.3 is 5.97 Å². The summed E-state index contributed by atoms with van der Waals surface area (Å²) in [7, 11) is 0. The zero-order chi connectivity index (χ0) is 27.9. The number of carboxylic acids is 1. The number of rotatable bonds is 17. The number of carbonyl (C=O) groups is 4. The molecule has 15 nitrogen and oxygen atoms in total. The van der Waals surface area contributed by atoms with Crippen molar-refractivity contribution in [3.8, 4) is 0 Å². The summed E-state index contributed by atoms with van der Waals surface area (Å²) in [6.45, 7) is 1.37. The highest BCUT2D eigenvalue weighted by Gasteiger charge is 2.31. The second-order valence-electron chi connectivity index (χ2n) is 9.18. The van der Waals surface area contributed by atoms with E-state index in [0.717, 1.165) is 13.0 Å². The molecule has 1 aliphatic heterocycles. The molecule has 3 amide bonds. The van der Waals surface area contributed by atoms with E-state index in [0.29, 0.717) is 44.3 Å². The fraction of sp³-hybridized carbons (Fsp3) is 0.652. The molecule has 15 heteroatoms. The predicted octanol–water partition coefficient (Wildman–Crippen LogP) is -2.57. The Balaban J connectivity index is 2.12. The summed E-state index contributed by atoms with van der Waals surface area (Å²) in [5.41, 5.74) is 16.7. The van der Waals surface area contributed by atoms with Crippen molar-refractivity contribution >= 4 is 29.7 Å². The van der Waals surface area contributed by atoms with Crippen molar-refractivity contribution in [1.29, 1.82) is 0 Å². The van der Waals surface area contributed by atoms with E-state index in [1.54, 1.807) is 0 Å². The number of amides is 3. The maximum Gasteiger partial charge on any atom is 0.326 e. The smallest absolute Gasteiger partial charge is 0.326 e. The zero-order valence-electron chi connectivity index (χ0n) is 21.4. The van der Waals surface area contributed by atoms with E-state index >= 15 is 0 Å². The number of hydrogen-bond donors (Lipinski definition) is 9. The molecule has 4 atom stereocenters. The van der Waals surface area contributed by atoms with Gasteiger partial charge in [0.15, 0.2) is 5.96 Å². The minimum atomic E-state index is -1.23. The van der Waals surface area contributed by atoms with E-state index in [1.807, 2.05) is 0 Å². The Kier molecular flexibility index (Phi) is 13.0. The van der Waals surface area contributed by atoms with Crippen LogP contribution in [0.15, 0.2) is 17.5 Å². The number of aromatic nitrogens is 2. The van der Waals surface area contributed by atoms with Crippen LogP contribution in [0.25, 0.3) is 0 Å². The standard InChI is InChI=1S/C23H40N10O5/c24-8-2-1-5-16(31-19(34)15-6-3-9-28-15)20(35)33-18(11-14-12-27-13-30-14)21(36)32-17(22(37)38)7-4-10-29-23(25)26/h12-13,15-18,28H,1-11,24H2,(H,27,30)(H,31,34)(H,32,36)(H,33,35)(H,37,38)(H4,25,26,29). The minimum absolute atomic E-state index is 0.0333. The van der Waals surface area contributed by atoms with E-state index in [9.17, 15) is 24.3 Å². The highest BCUT2D eigenvalue weighted by molar-refractivity contribution is 5.94. The molecule has 1 aromatic rings. The van der Waals surface area contributed by atoms with Gasteiger partial charge in [-0.25, -0.2) is 9.78 Å². The van der Waals surface area contributed by atoms with Gasteiger partial charge in [-0.2, -0.15) is 0 Å². The van der Waals surface area contributed by atoms with Crippen LogP contribution in [0.2, 0.25) is 0 Å². The summed E-state index contributed by atoms with van der Waals surface area (Å²) in [5.74, 6) is -2.86. The molecule has 0 radical (unpaired) electrons. The third kappa shape index (κ3) is 10.7. The van der Waals surface area contributed by atoms with Gasteiger partial charge in [-0.3, -0.25) is 19.4 Å². The van der Waals surface area contributed by atoms with Crippen molar-refractivity contribution in [3.05, 3.63) is 18.2 Å². The Morgan fingerprint density at radius 1 is 1.05 bits per heavy atom. The van der Waals surface area contributed by atoms with Gasteiger partial charge in [0.1, 0.15) is 18.1 Å². The first kappa shape index (κ1) is 30.5. The molecule has 1 fully saturated rings. The number of hydrogen-bond acceptors (Lipinski definition) is 8. The van der Waals surface area contributed by atoms with Crippen molar-refractivity contribution in [3.63, 3.8) is 0 Å². The van der Waals surface area contributed by atoms with Crippen LogP contribution in [0.1, 0.15) is 50.6 Å². The van der Waals surface area contributed by atoms with E-state index < -0.39 is 35.9 Å². The predicted molar refractivity (Wildman–Crippen MR) is 140 cm³/mol. The molecule has 0 aromatic carbocycles. The Labute approximate surface area is 221 Å². The van der Waals surface area contributed by atoms with Gasteiger partial charge in [-0.1, -0.05) is 0 Å². The number of aromatic amines is 1. The molecule has 0 saturated carbocycles. The van der Waals surface area contributed by atoms with Crippen molar-refractivity contribution in [1.82, 2.24) is 31.2 Å². The molecule has 1 aromatic heterocycles. The molecule has 0 aliphatic carbocycles. The maximum atomic E-state index is 13.3. The molecule has 2 heterocycles. The molecule has 4 unspecified atom stereocenters. The normalized spacial score (nSPS) is 17.1. The number of carbonyl (C=O) groups excluding carboxylic acids is 3. The molecule has 1 aliphatic rings. The van der Waals surface area contributed by atoms with Crippen LogP contribution in [-0.2, 0) is 25.6 Å². The average Bonchev–Trinajstić information content (AvgIpc) is 3.59. The van der Waals surface area contributed by atoms with Gasteiger partial charge in [0, 0.05) is 24.9 Å². The van der Waals surface area contributed by atoms with Gasteiger partial charge in [0.25, 0.3) is 0 Å². The molecule has 12 N–H and O–H groups in total.